The van der Waals surface area contributed by atoms with Gasteiger partial charge in [-0.05, 0) is 29.0 Å². The van der Waals surface area contributed by atoms with E-state index in [1.165, 1.54) is 12.1 Å². The Morgan fingerprint density at radius 1 is 1.29 bits per heavy atom. The van der Waals surface area contributed by atoms with E-state index in [4.69, 9.17) is 18.0 Å². The minimum absolute atomic E-state index is 0.0369. The first kappa shape index (κ1) is 16.3. The summed E-state index contributed by atoms with van der Waals surface area (Å²) in [6, 6.07) is 3.27. The maximum absolute atomic E-state index is 13.5. The lowest BCUT2D eigenvalue weighted by Gasteiger charge is -2.10. The Kier molecular flexibility index (Phi) is 3.67. The Balaban J connectivity index is 2.34. The Morgan fingerprint density at radius 2 is 1.81 bits per heavy atom. The van der Waals surface area contributed by atoms with Crippen LogP contribution in [-0.2, 0) is 10.0 Å². The maximum atomic E-state index is 13.5. The van der Waals surface area contributed by atoms with Gasteiger partial charge >= 0.3 is 0 Å². The minimum Gasteiger partial charge on any atom is -0.389 e. The zero-order chi connectivity index (χ0) is 16.2. The highest BCUT2D eigenvalue weighted by atomic mass is 32.2. The van der Waals surface area contributed by atoms with Gasteiger partial charge in [0.1, 0.15) is 10.8 Å². The Morgan fingerprint density at radius 3 is 2.24 bits per heavy atom. The van der Waals surface area contributed by atoms with E-state index in [0.29, 0.717) is 0 Å². The molecule has 0 saturated heterocycles. The van der Waals surface area contributed by atoms with Crippen LogP contribution in [0.15, 0.2) is 23.1 Å². The number of nitrogens with two attached hydrogens (primary N) is 1. The van der Waals surface area contributed by atoms with Crippen LogP contribution in [0, 0.1) is 16.6 Å². The number of halogens is 1. The van der Waals surface area contributed by atoms with Gasteiger partial charge in [-0.1, -0.05) is 39.9 Å². The van der Waals surface area contributed by atoms with Crippen molar-refractivity contribution in [1.29, 1.82) is 0 Å². The minimum atomic E-state index is -3.74. The van der Waals surface area contributed by atoms with Gasteiger partial charge in [0.2, 0.25) is 10.0 Å². The molecule has 1 fully saturated rings. The predicted octanol–water partition coefficient (Wildman–Crippen LogP) is 2.17. The molecule has 116 valence electrons. The largest absolute Gasteiger partial charge is 0.389 e. The van der Waals surface area contributed by atoms with Crippen LogP contribution < -0.4 is 10.5 Å². The molecule has 3 N–H and O–H groups in total. The van der Waals surface area contributed by atoms with Crippen LogP contribution >= 0.6 is 12.2 Å². The van der Waals surface area contributed by atoms with Gasteiger partial charge in [0, 0.05) is 11.6 Å². The van der Waals surface area contributed by atoms with Crippen LogP contribution in [0.25, 0.3) is 0 Å². The van der Waals surface area contributed by atoms with Gasteiger partial charge in [0.15, 0.2) is 0 Å². The van der Waals surface area contributed by atoms with E-state index >= 15 is 0 Å². The van der Waals surface area contributed by atoms with Crippen molar-refractivity contribution in [3.8, 4) is 0 Å². The average Bonchev–Trinajstić information content (AvgIpc) is 2.71. The summed E-state index contributed by atoms with van der Waals surface area (Å²) in [6.07, 6.45) is 0. The molecule has 1 aliphatic carbocycles. The molecule has 1 aliphatic rings. The summed E-state index contributed by atoms with van der Waals surface area (Å²) >= 11 is 4.73. The SMILES string of the molecule is CC1(C)C(NS(=O)(=O)c2ccc(F)c(C(N)=S)c2)C1(C)C. The number of hydrogen-bond donors (Lipinski definition) is 2. The summed E-state index contributed by atoms with van der Waals surface area (Å²) in [5.74, 6) is -0.631. The van der Waals surface area contributed by atoms with Crippen LogP contribution in [0.1, 0.15) is 33.3 Å². The van der Waals surface area contributed by atoms with E-state index in [0.717, 1.165) is 6.07 Å². The van der Waals surface area contributed by atoms with Crippen LogP contribution in [0.2, 0.25) is 0 Å². The third kappa shape index (κ3) is 2.58. The summed E-state index contributed by atoms with van der Waals surface area (Å²) in [6.45, 7) is 8.02. The summed E-state index contributed by atoms with van der Waals surface area (Å²) < 4.78 is 41.1. The number of nitrogens with one attached hydrogen (secondary N) is 1. The highest BCUT2D eigenvalue weighted by molar-refractivity contribution is 7.89. The van der Waals surface area contributed by atoms with Gasteiger partial charge in [-0.3, -0.25) is 0 Å². The van der Waals surface area contributed by atoms with E-state index in [1.54, 1.807) is 0 Å². The van der Waals surface area contributed by atoms with Crippen molar-refractivity contribution < 1.29 is 12.8 Å². The third-order valence-corrected chi connectivity index (χ3v) is 6.45. The second-order valence-electron chi connectivity index (χ2n) is 6.50. The topological polar surface area (TPSA) is 72.2 Å². The lowest BCUT2D eigenvalue weighted by Crippen LogP contribution is -2.30. The maximum Gasteiger partial charge on any atom is 0.240 e. The van der Waals surface area contributed by atoms with Crippen molar-refractivity contribution >= 4 is 27.2 Å². The number of hydrogen-bond acceptors (Lipinski definition) is 3. The van der Waals surface area contributed by atoms with Gasteiger partial charge in [0.25, 0.3) is 0 Å². The molecule has 1 aromatic carbocycles. The van der Waals surface area contributed by atoms with E-state index < -0.39 is 15.8 Å². The molecule has 21 heavy (non-hydrogen) atoms. The van der Waals surface area contributed by atoms with E-state index in [-0.39, 0.29) is 32.3 Å². The first-order chi connectivity index (χ1) is 9.41. The first-order valence-corrected chi connectivity index (χ1v) is 8.42. The van der Waals surface area contributed by atoms with Crippen molar-refractivity contribution in [3.05, 3.63) is 29.6 Å². The molecule has 4 nitrogen and oxygen atoms in total. The smallest absolute Gasteiger partial charge is 0.240 e. The molecule has 0 atom stereocenters. The second-order valence-corrected chi connectivity index (χ2v) is 8.66. The van der Waals surface area contributed by atoms with Gasteiger partial charge in [-0.2, -0.15) is 0 Å². The fraction of sp³-hybridized carbons (Fsp3) is 0.500. The lowest BCUT2D eigenvalue weighted by atomic mass is 10.0. The van der Waals surface area contributed by atoms with Gasteiger partial charge in [-0.15, -0.1) is 0 Å². The van der Waals surface area contributed by atoms with Gasteiger partial charge in [0.05, 0.1) is 4.90 Å². The fourth-order valence-electron chi connectivity index (χ4n) is 2.57. The Labute approximate surface area is 130 Å². The number of thiocarbonyl (C=S) groups is 1. The molecule has 0 heterocycles. The highest BCUT2D eigenvalue weighted by Crippen LogP contribution is 2.62. The van der Waals surface area contributed by atoms with Gasteiger partial charge < -0.3 is 5.73 Å². The van der Waals surface area contributed by atoms with Gasteiger partial charge in [-0.25, -0.2) is 17.5 Å². The zero-order valence-electron chi connectivity index (χ0n) is 12.4. The van der Waals surface area contributed by atoms with E-state index in [2.05, 4.69) is 4.72 Å². The molecular weight excluding hydrogens is 311 g/mol. The fourth-order valence-corrected chi connectivity index (χ4v) is 4.29. The van der Waals surface area contributed by atoms with E-state index in [1.807, 2.05) is 27.7 Å². The number of sulfonamides is 1. The Bertz CT molecular complexity index is 698. The summed E-state index contributed by atoms with van der Waals surface area (Å²) in [7, 11) is -3.74. The molecule has 0 bridgehead atoms. The van der Waals surface area contributed by atoms with Crippen molar-refractivity contribution in [2.24, 2.45) is 16.6 Å². The third-order valence-electron chi connectivity index (χ3n) is 4.81. The number of rotatable bonds is 4. The molecule has 7 heteroatoms. The normalized spacial score (nSPS) is 20.2. The quantitative estimate of drug-likeness (QED) is 0.830. The standard InChI is InChI=1S/C14H19FN2O2S2/c1-13(2)12(14(13,3)4)17-21(18,19)8-5-6-10(15)9(7-8)11(16)20/h5-7,12,17H,1-4H3,(H2,16,20). The van der Waals surface area contributed by atoms with Crippen LogP contribution in [0.4, 0.5) is 4.39 Å². The molecule has 0 unspecified atom stereocenters. The first-order valence-electron chi connectivity index (χ1n) is 6.53. The van der Waals surface area contributed by atoms with Crippen LogP contribution in [0.3, 0.4) is 0 Å². The molecule has 0 aliphatic heterocycles. The van der Waals surface area contributed by atoms with Crippen molar-refractivity contribution in [1.82, 2.24) is 4.72 Å². The van der Waals surface area contributed by atoms with E-state index in [9.17, 15) is 12.8 Å². The van der Waals surface area contributed by atoms with Crippen molar-refractivity contribution in [2.45, 2.75) is 38.6 Å². The molecule has 1 saturated carbocycles. The van der Waals surface area contributed by atoms with Crippen LogP contribution in [-0.4, -0.2) is 19.4 Å². The molecule has 0 aromatic heterocycles. The molecular formula is C14H19FN2O2S2. The Hall–Kier alpha value is -1.05. The molecule has 0 radical (unpaired) electrons. The zero-order valence-corrected chi connectivity index (χ0v) is 14.0. The summed E-state index contributed by atoms with van der Waals surface area (Å²) in [5.41, 5.74) is 5.07. The monoisotopic (exact) mass is 330 g/mol. The summed E-state index contributed by atoms with van der Waals surface area (Å²) in [5, 5.41) is 0. The molecule has 0 amide bonds. The molecule has 1 aromatic rings. The molecule has 0 spiro atoms. The second kappa shape index (κ2) is 4.72. The predicted molar refractivity (Wildman–Crippen MR) is 84.0 cm³/mol. The highest BCUT2D eigenvalue weighted by Gasteiger charge is 2.66. The van der Waals surface area contributed by atoms with Crippen molar-refractivity contribution in [3.63, 3.8) is 0 Å². The molecule has 2 rings (SSSR count). The summed E-state index contributed by atoms with van der Waals surface area (Å²) in [4.78, 5) is -0.207. The average molecular weight is 330 g/mol. The van der Waals surface area contributed by atoms with Crippen molar-refractivity contribution in [2.75, 3.05) is 0 Å². The lowest BCUT2D eigenvalue weighted by molar-refractivity contribution is 0.457. The van der Waals surface area contributed by atoms with Crippen LogP contribution in [0.5, 0.6) is 0 Å². The number of benzene rings is 1.